The standard InChI is InChI=1S/C22H29FN2O2/c23-19-9-4-8-18(14-19)20(26)25-13-11-22(16-25)10-5-12-24(21(22)27)15-17-6-2-1-3-7-17/h4,8-9,14,17H,1-3,5-7,10-13,15-16H2/t22-/m1/s1. The van der Waals surface area contributed by atoms with E-state index in [4.69, 9.17) is 0 Å². The van der Waals surface area contributed by atoms with Gasteiger partial charge in [0.15, 0.2) is 0 Å². The van der Waals surface area contributed by atoms with Gasteiger partial charge in [0, 0.05) is 31.7 Å². The number of rotatable bonds is 3. The van der Waals surface area contributed by atoms with Gasteiger partial charge in [0.1, 0.15) is 5.82 Å². The van der Waals surface area contributed by atoms with Crippen LogP contribution in [-0.4, -0.2) is 47.8 Å². The fourth-order valence-corrected chi connectivity index (χ4v) is 5.24. The van der Waals surface area contributed by atoms with Crippen LogP contribution in [-0.2, 0) is 4.79 Å². The third kappa shape index (κ3) is 3.74. The lowest BCUT2D eigenvalue weighted by Gasteiger charge is -2.41. The van der Waals surface area contributed by atoms with E-state index in [1.165, 1.54) is 44.2 Å². The number of piperidine rings is 1. The molecule has 27 heavy (non-hydrogen) atoms. The average molecular weight is 372 g/mol. The van der Waals surface area contributed by atoms with E-state index in [9.17, 15) is 14.0 Å². The zero-order valence-corrected chi connectivity index (χ0v) is 16.0. The first kappa shape index (κ1) is 18.5. The molecule has 1 atom stereocenters. The van der Waals surface area contributed by atoms with Crippen LogP contribution in [0.3, 0.4) is 0 Å². The summed E-state index contributed by atoms with van der Waals surface area (Å²) < 4.78 is 13.5. The molecule has 146 valence electrons. The van der Waals surface area contributed by atoms with Crippen LogP contribution in [0, 0.1) is 17.2 Å². The van der Waals surface area contributed by atoms with Crippen molar-refractivity contribution in [2.75, 3.05) is 26.2 Å². The van der Waals surface area contributed by atoms with Crippen molar-refractivity contribution in [3.63, 3.8) is 0 Å². The largest absolute Gasteiger partial charge is 0.342 e. The summed E-state index contributed by atoms with van der Waals surface area (Å²) in [6, 6.07) is 5.84. The maximum absolute atomic E-state index is 13.5. The molecule has 1 spiro atoms. The van der Waals surface area contributed by atoms with Gasteiger partial charge in [-0.2, -0.15) is 0 Å². The van der Waals surface area contributed by atoms with Crippen LogP contribution in [0.5, 0.6) is 0 Å². The summed E-state index contributed by atoms with van der Waals surface area (Å²) in [6.07, 6.45) is 8.98. The summed E-state index contributed by atoms with van der Waals surface area (Å²) in [5.41, 5.74) is -0.0509. The van der Waals surface area contributed by atoms with Crippen molar-refractivity contribution in [2.45, 2.75) is 51.4 Å². The Balaban J connectivity index is 1.43. The minimum Gasteiger partial charge on any atom is -0.342 e. The molecular weight excluding hydrogens is 343 g/mol. The smallest absolute Gasteiger partial charge is 0.253 e. The van der Waals surface area contributed by atoms with Crippen LogP contribution in [0.2, 0.25) is 0 Å². The molecule has 1 aliphatic carbocycles. The Labute approximate surface area is 160 Å². The van der Waals surface area contributed by atoms with Crippen molar-refractivity contribution in [3.8, 4) is 0 Å². The molecule has 0 bridgehead atoms. The van der Waals surface area contributed by atoms with Gasteiger partial charge in [-0.05, 0) is 56.2 Å². The van der Waals surface area contributed by atoms with Crippen LogP contribution in [0.1, 0.15) is 61.7 Å². The first-order chi connectivity index (χ1) is 13.1. The molecule has 2 amide bonds. The van der Waals surface area contributed by atoms with E-state index in [1.54, 1.807) is 17.0 Å². The molecule has 0 aromatic heterocycles. The van der Waals surface area contributed by atoms with E-state index in [-0.39, 0.29) is 11.8 Å². The predicted octanol–water partition coefficient (Wildman–Crippen LogP) is 3.86. The van der Waals surface area contributed by atoms with E-state index < -0.39 is 11.2 Å². The molecule has 1 saturated carbocycles. The van der Waals surface area contributed by atoms with Crippen molar-refractivity contribution in [1.82, 2.24) is 9.80 Å². The van der Waals surface area contributed by atoms with Crippen molar-refractivity contribution >= 4 is 11.8 Å². The molecule has 1 aromatic rings. The Kier molecular flexibility index (Phi) is 5.20. The fraction of sp³-hybridized carbons (Fsp3) is 0.636. The molecule has 5 heteroatoms. The predicted molar refractivity (Wildman–Crippen MR) is 102 cm³/mol. The van der Waals surface area contributed by atoms with Crippen LogP contribution < -0.4 is 0 Å². The monoisotopic (exact) mass is 372 g/mol. The number of hydrogen-bond acceptors (Lipinski definition) is 2. The molecule has 0 radical (unpaired) electrons. The summed E-state index contributed by atoms with van der Waals surface area (Å²) in [6.45, 7) is 2.80. The molecular formula is C22H29FN2O2. The fourth-order valence-electron chi connectivity index (χ4n) is 5.24. The molecule has 2 heterocycles. The summed E-state index contributed by atoms with van der Waals surface area (Å²) in [4.78, 5) is 29.9. The molecule has 3 aliphatic rings. The lowest BCUT2D eigenvalue weighted by Crippen LogP contribution is -2.51. The van der Waals surface area contributed by atoms with E-state index >= 15 is 0 Å². The first-order valence-corrected chi connectivity index (χ1v) is 10.4. The minimum absolute atomic E-state index is 0.163. The average Bonchev–Trinajstić information content (AvgIpc) is 3.11. The second kappa shape index (κ2) is 7.61. The third-order valence-corrected chi connectivity index (χ3v) is 6.74. The van der Waals surface area contributed by atoms with Crippen LogP contribution in [0.15, 0.2) is 24.3 Å². The van der Waals surface area contributed by atoms with Gasteiger partial charge in [-0.3, -0.25) is 9.59 Å². The van der Waals surface area contributed by atoms with Crippen molar-refractivity contribution in [1.29, 1.82) is 0 Å². The maximum atomic E-state index is 13.5. The molecule has 0 unspecified atom stereocenters. The Hall–Kier alpha value is -1.91. The van der Waals surface area contributed by atoms with E-state index in [0.717, 1.165) is 32.4 Å². The number of likely N-dealkylation sites (tertiary alicyclic amines) is 2. The highest BCUT2D eigenvalue weighted by atomic mass is 19.1. The highest BCUT2D eigenvalue weighted by molar-refractivity contribution is 5.95. The normalized spacial score (nSPS) is 26.8. The molecule has 4 nitrogen and oxygen atoms in total. The first-order valence-electron chi connectivity index (χ1n) is 10.4. The van der Waals surface area contributed by atoms with Gasteiger partial charge in [-0.25, -0.2) is 4.39 Å². The van der Waals surface area contributed by atoms with Gasteiger partial charge in [0.2, 0.25) is 5.91 Å². The third-order valence-electron chi connectivity index (χ3n) is 6.74. The summed E-state index contributed by atoms with van der Waals surface area (Å²) in [5, 5.41) is 0. The number of benzene rings is 1. The van der Waals surface area contributed by atoms with Gasteiger partial charge < -0.3 is 9.80 Å². The van der Waals surface area contributed by atoms with Crippen molar-refractivity contribution < 1.29 is 14.0 Å². The second-order valence-electron chi connectivity index (χ2n) is 8.63. The Morgan fingerprint density at radius 2 is 1.93 bits per heavy atom. The molecule has 0 N–H and O–H groups in total. The SMILES string of the molecule is O=C(c1cccc(F)c1)N1CC[C@]2(CCCN(CC3CCCCC3)C2=O)C1. The Morgan fingerprint density at radius 3 is 2.70 bits per heavy atom. The molecule has 3 fully saturated rings. The lowest BCUT2D eigenvalue weighted by molar-refractivity contribution is -0.146. The number of nitrogens with zero attached hydrogens (tertiary/aromatic N) is 2. The topological polar surface area (TPSA) is 40.6 Å². The minimum atomic E-state index is -0.421. The molecule has 2 saturated heterocycles. The Bertz CT molecular complexity index is 716. The maximum Gasteiger partial charge on any atom is 0.253 e. The van der Waals surface area contributed by atoms with Crippen molar-refractivity contribution in [2.24, 2.45) is 11.3 Å². The molecule has 1 aromatic carbocycles. The molecule has 2 aliphatic heterocycles. The highest BCUT2D eigenvalue weighted by Crippen LogP contribution is 2.41. The van der Waals surface area contributed by atoms with Crippen LogP contribution in [0.4, 0.5) is 4.39 Å². The van der Waals surface area contributed by atoms with Crippen molar-refractivity contribution in [3.05, 3.63) is 35.6 Å². The second-order valence-corrected chi connectivity index (χ2v) is 8.63. The number of carbonyl (C=O) groups excluding carboxylic acids is 2. The number of halogens is 1. The van der Waals surface area contributed by atoms with Crippen LogP contribution >= 0.6 is 0 Å². The number of amides is 2. The van der Waals surface area contributed by atoms with Gasteiger partial charge in [0.25, 0.3) is 5.91 Å². The Morgan fingerprint density at radius 1 is 1.11 bits per heavy atom. The van der Waals surface area contributed by atoms with E-state index in [2.05, 4.69) is 4.90 Å². The summed E-state index contributed by atoms with van der Waals surface area (Å²) in [5.74, 6) is 0.323. The lowest BCUT2D eigenvalue weighted by atomic mass is 9.77. The van der Waals surface area contributed by atoms with Gasteiger partial charge in [-0.15, -0.1) is 0 Å². The van der Waals surface area contributed by atoms with Gasteiger partial charge >= 0.3 is 0 Å². The summed E-state index contributed by atoms with van der Waals surface area (Å²) in [7, 11) is 0. The number of carbonyl (C=O) groups is 2. The summed E-state index contributed by atoms with van der Waals surface area (Å²) >= 11 is 0. The van der Waals surface area contributed by atoms with E-state index in [1.807, 2.05) is 0 Å². The highest BCUT2D eigenvalue weighted by Gasteiger charge is 2.49. The van der Waals surface area contributed by atoms with E-state index in [0.29, 0.717) is 24.6 Å². The zero-order valence-electron chi connectivity index (χ0n) is 16.0. The van der Waals surface area contributed by atoms with Gasteiger partial charge in [0.05, 0.1) is 5.41 Å². The van der Waals surface area contributed by atoms with Gasteiger partial charge in [-0.1, -0.05) is 25.3 Å². The quantitative estimate of drug-likeness (QED) is 0.808. The zero-order chi connectivity index (χ0) is 18.9. The van der Waals surface area contributed by atoms with Crippen LogP contribution in [0.25, 0.3) is 0 Å². The number of hydrogen-bond donors (Lipinski definition) is 0. The molecule has 4 rings (SSSR count).